The molecule has 1 aliphatic rings. The second-order valence-electron chi connectivity index (χ2n) is 8.27. The second kappa shape index (κ2) is 8.34. The molecule has 1 aliphatic heterocycles. The van der Waals surface area contributed by atoms with Gasteiger partial charge >= 0.3 is 0 Å². The van der Waals surface area contributed by atoms with E-state index in [0.29, 0.717) is 22.7 Å². The average Bonchev–Trinajstić information content (AvgIpc) is 3.24. The molecule has 0 saturated heterocycles. The Labute approximate surface area is 196 Å². The summed E-state index contributed by atoms with van der Waals surface area (Å²) in [6, 6.07) is 22.9. The molecule has 0 fully saturated rings. The van der Waals surface area contributed by atoms with Gasteiger partial charge in [-0.05, 0) is 30.2 Å². The van der Waals surface area contributed by atoms with Gasteiger partial charge in [0.15, 0.2) is 0 Å². The van der Waals surface area contributed by atoms with Crippen molar-refractivity contribution in [2.24, 2.45) is 5.10 Å². The highest BCUT2D eigenvalue weighted by atomic mass is 35.5. The summed E-state index contributed by atoms with van der Waals surface area (Å²) in [5, 5.41) is 7.58. The lowest BCUT2D eigenvalue weighted by atomic mass is 9.90. The smallest absolute Gasteiger partial charge is 0.258 e. The first-order valence-electron chi connectivity index (χ1n) is 10.8. The number of carbonyl (C=O) groups is 1. The fourth-order valence-electron chi connectivity index (χ4n) is 4.48. The standard InChI is InChI=1S/C27H22ClN3O2/c1-16-11-13-18(14-12-16)25-20-8-4-6-10-22(20)29-27(33)26(25)23-15-24(31(30-23)17(2)32)19-7-3-5-9-21(19)28/h3-14,24H,15H2,1-2H3,(H,29,33). The maximum atomic E-state index is 13.4. The number of rotatable bonds is 3. The number of aromatic nitrogens is 1. The van der Waals surface area contributed by atoms with Crippen molar-refractivity contribution in [3.63, 3.8) is 0 Å². The molecule has 2 heterocycles. The van der Waals surface area contributed by atoms with E-state index in [-0.39, 0.29) is 17.5 Å². The van der Waals surface area contributed by atoms with Crippen LogP contribution < -0.4 is 5.56 Å². The third-order valence-electron chi connectivity index (χ3n) is 6.05. The first-order valence-corrected chi connectivity index (χ1v) is 11.2. The minimum absolute atomic E-state index is 0.205. The van der Waals surface area contributed by atoms with Crippen LogP contribution in [0.5, 0.6) is 0 Å². The van der Waals surface area contributed by atoms with E-state index in [9.17, 15) is 9.59 Å². The van der Waals surface area contributed by atoms with Gasteiger partial charge in [-0.25, -0.2) is 5.01 Å². The highest BCUT2D eigenvalue weighted by Gasteiger charge is 2.35. The molecule has 1 atom stereocenters. The molecule has 33 heavy (non-hydrogen) atoms. The van der Waals surface area contributed by atoms with Gasteiger partial charge in [0, 0.05) is 34.8 Å². The average molecular weight is 456 g/mol. The van der Waals surface area contributed by atoms with Crippen LogP contribution in [-0.2, 0) is 4.79 Å². The predicted molar refractivity (Wildman–Crippen MR) is 133 cm³/mol. The third-order valence-corrected chi connectivity index (χ3v) is 6.39. The van der Waals surface area contributed by atoms with Crippen molar-refractivity contribution in [1.29, 1.82) is 0 Å². The van der Waals surface area contributed by atoms with E-state index in [0.717, 1.165) is 33.2 Å². The Hall–Kier alpha value is -3.70. The summed E-state index contributed by atoms with van der Waals surface area (Å²) < 4.78 is 0. The normalized spacial score (nSPS) is 15.7. The molecule has 0 radical (unpaired) electrons. The number of aromatic amines is 1. The first kappa shape index (κ1) is 21.2. The summed E-state index contributed by atoms with van der Waals surface area (Å²) in [5.41, 5.74) is 5.26. The van der Waals surface area contributed by atoms with Gasteiger partial charge in [0.25, 0.3) is 5.56 Å². The lowest BCUT2D eigenvalue weighted by Gasteiger charge is -2.21. The van der Waals surface area contributed by atoms with Crippen LogP contribution in [0, 0.1) is 6.92 Å². The number of H-pyrrole nitrogens is 1. The van der Waals surface area contributed by atoms with E-state index < -0.39 is 0 Å². The van der Waals surface area contributed by atoms with E-state index in [1.807, 2.05) is 73.7 Å². The van der Waals surface area contributed by atoms with Gasteiger partial charge < -0.3 is 4.98 Å². The molecule has 5 nitrogen and oxygen atoms in total. The maximum absolute atomic E-state index is 13.4. The second-order valence-corrected chi connectivity index (χ2v) is 8.67. The van der Waals surface area contributed by atoms with Crippen LogP contribution in [0.15, 0.2) is 82.7 Å². The Balaban J connectivity index is 1.74. The molecule has 1 N–H and O–H groups in total. The SMILES string of the molecule is CC(=O)N1N=C(c2c(-c3ccc(C)cc3)c3ccccc3[nH]c2=O)CC1c1ccccc1Cl. The number of carbonyl (C=O) groups excluding carboxylic acids is 1. The number of benzene rings is 3. The number of halogens is 1. The largest absolute Gasteiger partial charge is 0.321 e. The van der Waals surface area contributed by atoms with Gasteiger partial charge in [-0.3, -0.25) is 9.59 Å². The lowest BCUT2D eigenvalue weighted by molar-refractivity contribution is -0.130. The highest BCUT2D eigenvalue weighted by molar-refractivity contribution is 6.31. The van der Waals surface area contributed by atoms with Crippen LogP contribution >= 0.6 is 11.6 Å². The molecule has 4 aromatic rings. The number of hydrogen-bond acceptors (Lipinski definition) is 3. The molecule has 164 valence electrons. The number of amides is 1. The van der Waals surface area contributed by atoms with Crippen LogP contribution in [0.4, 0.5) is 0 Å². The van der Waals surface area contributed by atoms with E-state index in [1.165, 1.54) is 11.9 Å². The Kier molecular flexibility index (Phi) is 5.35. The first-order chi connectivity index (χ1) is 15.9. The third kappa shape index (κ3) is 3.74. The number of nitrogens with zero attached hydrogens (tertiary/aromatic N) is 2. The summed E-state index contributed by atoms with van der Waals surface area (Å²) in [6.45, 7) is 3.50. The molecular formula is C27H22ClN3O2. The summed E-state index contributed by atoms with van der Waals surface area (Å²) in [4.78, 5) is 28.9. The van der Waals surface area contributed by atoms with Gasteiger partial charge in [0.05, 0.1) is 17.3 Å². The van der Waals surface area contributed by atoms with Gasteiger partial charge in [0.1, 0.15) is 0 Å². The summed E-state index contributed by atoms with van der Waals surface area (Å²) >= 11 is 6.46. The molecule has 6 heteroatoms. The van der Waals surface area contributed by atoms with Crippen LogP contribution in [0.25, 0.3) is 22.0 Å². The van der Waals surface area contributed by atoms with Crippen LogP contribution in [-0.4, -0.2) is 21.6 Å². The van der Waals surface area contributed by atoms with Crippen molar-refractivity contribution in [1.82, 2.24) is 9.99 Å². The molecule has 1 amide bonds. The summed E-state index contributed by atoms with van der Waals surface area (Å²) in [5.74, 6) is -0.205. The number of para-hydroxylation sites is 1. The van der Waals surface area contributed by atoms with E-state index in [2.05, 4.69) is 10.1 Å². The zero-order valence-electron chi connectivity index (χ0n) is 18.3. The predicted octanol–water partition coefficient (Wildman–Crippen LogP) is 5.85. The van der Waals surface area contributed by atoms with Crippen LogP contribution in [0.2, 0.25) is 5.02 Å². The molecule has 0 saturated carbocycles. The number of pyridine rings is 1. The monoisotopic (exact) mass is 455 g/mol. The zero-order chi connectivity index (χ0) is 23.1. The molecule has 0 aliphatic carbocycles. The maximum Gasteiger partial charge on any atom is 0.258 e. The van der Waals surface area contributed by atoms with Crippen molar-refractivity contribution >= 4 is 34.1 Å². The molecule has 1 aromatic heterocycles. The topological polar surface area (TPSA) is 65.5 Å². The van der Waals surface area contributed by atoms with E-state index in [1.54, 1.807) is 6.07 Å². The Morgan fingerprint density at radius 3 is 2.42 bits per heavy atom. The number of aryl methyl sites for hydroxylation is 1. The Morgan fingerprint density at radius 2 is 1.70 bits per heavy atom. The molecule has 1 unspecified atom stereocenters. The lowest BCUT2D eigenvalue weighted by Crippen LogP contribution is -2.24. The van der Waals surface area contributed by atoms with Crippen molar-refractivity contribution in [3.05, 3.63) is 105 Å². The van der Waals surface area contributed by atoms with E-state index in [4.69, 9.17) is 11.6 Å². The number of hydrazone groups is 1. The number of nitrogens with one attached hydrogen (secondary N) is 1. The van der Waals surface area contributed by atoms with Crippen molar-refractivity contribution in [2.75, 3.05) is 0 Å². The fraction of sp³-hybridized carbons (Fsp3) is 0.148. The van der Waals surface area contributed by atoms with Crippen LogP contribution in [0.1, 0.15) is 36.1 Å². The minimum Gasteiger partial charge on any atom is -0.321 e. The number of hydrogen-bond donors (Lipinski definition) is 1. The van der Waals surface area contributed by atoms with Gasteiger partial charge in [0.2, 0.25) is 5.91 Å². The quantitative estimate of drug-likeness (QED) is 0.420. The van der Waals surface area contributed by atoms with Crippen molar-refractivity contribution < 1.29 is 4.79 Å². The zero-order valence-corrected chi connectivity index (χ0v) is 19.1. The summed E-state index contributed by atoms with van der Waals surface area (Å²) in [7, 11) is 0. The molecule has 3 aromatic carbocycles. The fourth-order valence-corrected chi connectivity index (χ4v) is 4.74. The Morgan fingerprint density at radius 1 is 1.00 bits per heavy atom. The van der Waals surface area contributed by atoms with Crippen molar-refractivity contribution in [2.45, 2.75) is 26.3 Å². The van der Waals surface area contributed by atoms with Gasteiger partial charge in [-0.15, -0.1) is 0 Å². The van der Waals surface area contributed by atoms with Crippen molar-refractivity contribution in [3.8, 4) is 11.1 Å². The summed E-state index contributed by atoms with van der Waals surface area (Å²) in [6.07, 6.45) is 0.392. The van der Waals surface area contributed by atoms with Crippen LogP contribution in [0.3, 0.4) is 0 Å². The molecular weight excluding hydrogens is 434 g/mol. The minimum atomic E-state index is -0.372. The van der Waals surface area contributed by atoms with Gasteiger partial charge in [-0.1, -0.05) is 77.8 Å². The van der Waals surface area contributed by atoms with E-state index >= 15 is 0 Å². The molecule has 0 spiro atoms. The Bertz CT molecular complexity index is 1470. The van der Waals surface area contributed by atoms with Gasteiger partial charge in [-0.2, -0.15) is 5.10 Å². The number of fused-ring (bicyclic) bond motifs is 1. The molecule has 5 rings (SSSR count). The highest BCUT2D eigenvalue weighted by Crippen LogP contribution is 2.38. The molecule has 0 bridgehead atoms.